The Balaban J connectivity index is 0.00000161. The molecule has 0 N–H and O–H groups in total. The predicted molar refractivity (Wildman–Crippen MR) is 80.8 cm³/mol. The second kappa shape index (κ2) is 4.93. The summed E-state index contributed by atoms with van der Waals surface area (Å²) in [5.41, 5.74) is 0.611. The number of nitrogens with zero attached hydrogens (tertiary/aromatic N) is 3. The van der Waals surface area contributed by atoms with Crippen molar-refractivity contribution in [1.29, 1.82) is 0 Å². The Labute approximate surface area is 130 Å². The van der Waals surface area contributed by atoms with Crippen molar-refractivity contribution in [3.8, 4) is 11.4 Å². The first kappa shape index (κ1) is 15.7. The maximum Gasteiger partial charge on any atom is 0.361 e. The average Bonchev–Trinajstić information content (AvgIpc) is 2.56. The van der Waals surface area contributed by atoms with Crippen LogP contribution in [-0.4, -0.2) is 10.2 Å². The van der Waals surface area contributed by atoms with E-state index < -0.39 is 11.2 Å². The summed E-state index contributed by atoms with van der Waals surface area (Å²) in [6, 6.07) is 9.33. The van der Waals surface area contributed by atoms with Crippen LogP contribution in [-0.2, 0) is 15.9 Å². The molecule has 112 valence electrons. The highest BCUT2D eigenvalue weighted by molar-refractivity contribution is 5.85. The van der Waals surface area contributed by atoms with Gasteiger partial charge in [0.2, 0.25) is 0 Å². The highest BCUT2D eigenvalue weighted by atomic mass is 35.5. The summed E-state index contributed by atoms with van der Waals surface area (Å²) >= 11 is 0. The lowest BCUT2D eigenvalue weighted by molar-refractivity contribution is -0.612. The monoisotopic (exact) mass is 307 g/mol. The smallest absolute Gasteiger partial charge is 0.361 e. The molecule has 1 aliphatic rings. The van der Waals surface area contributed by atoms with Crippen molar-refractivity contribution < 1.29 is 9.47 Å². The Kier molecular flexibility index (Phi) is 3.68. The summed E-state index contributed by atoms with van der Waals surface area (Å²) in [6.45, 7) is 7.56. The third kappa shape index (κ3) is 2.36. The van der Waals surface area contributed by atoms with Crippen LogP contribution in [0.25, 0.3) is 11.4 Å². The van der Waals surface area contributed by atoms with Gasteiger partial charge in [-0.1, -0.05) is 18.2 Å². The standard InChI is InChI=1S/C15H17N3O2.ClH/c1-14(2)11-12(15(3,4)20-14)18(19)13(17-16-11)10-8-6-5-7-9-10;/h5-9H,1-4H3;1H. The molecular weight excluding hydrogens is 290 g/mol. The van der Waals surface area contributed by atoms with Crippen molar-refractivity contribution in [3.05, 3.63) is 46.9 Å². The third-order valence-corrected chi connectivity index (χ3v) is 3.55. The Morgan fingerprint density at radius 2 is 1.62 bits per heavy atom. The van der Waals surface area contributed by atoms with Gasteiger partial charge in [-0.25, -0.2) is 4.73 Å². The SMILES string of the molecule is CC1(C)OC(C)(C)c2c1nnc(-c1ccccc1)[n+]2[O-].Cl. The number of halogens is 1. The molecule has 2 heterocycles. The molecule has 0 amide bonds. The zero-order valence-electron chi connectivity index (χ0n) is 12.5. The molecule has 1 aromatic heterocycles. The number of aromatic nitrogens is 3. The molecule has 0 fully saturated rings. The van der Waals surface area contributed by atoms with Gasteiger partial charge in [0, 0.05) is 0 Å². The van der Waals surface area contributed by atoms with E-state index in [1.807, 2.05) is 58.0 Å². The zero-order chi connectivity index (χ0) is 14.5. The van der Waals surface area contributed by atoms with Crippen LogP contribution in [0.2, 0.25) is 0 Å². The first-order chi connectivity index (χ1) is 9.33. The molecule has 0 atom stereocenters. The molecule has 0 bridgehead atoms. The number of ether oxygens (including phenoxy) is 1. The molecule has 6 heteroatoms. The zero-order valence-corrected chi connectivity index (χ0v) is 13.3. The van der Waals surface area contributed by atoms with Crippen molar-refractivity contribution in [2.45, 2.75) is 38.9 Å². The second-order valence-corrected chi connectivity index (χ2v) is 6.00. The van der Waals surface area contributed by atoms with Gasteiger partial charge in [-0.2, -0.15) is 0 Å². The summed E-state index contributed by atoms with van der Waals surface area (Å²) in [5.74, 6) is 0.304. The molecule has 0 radical (unpaired) electrons. The molecule has 2 aromatic rings. The van der Waals surface area contributed by atoms with Gasteiger partial charge in [-0.15, -0.1) is 12.4 Å². The van der Waals surface area contributed by atoms with Crippen molar-refractivity contribution in [3.63, 3.8) is 0 Å². The summed E-state index contributed by atoms with van der Waals surface area (Å²) < 4.78 is 6.81. The van der Waals surface area contributed by atoms with Crippen LogP contribution in [0.4, 0.5) is 0 Å². The van der Waals surface area contributed by atoms with E-state index in [1.54, 1.807) is 0 Å². The summed E-state index contributed by atoms with van der Waals surface area (Å²) in [7, 11) is 0. The van der Waals surface area contributed by atoms with Gasteiger partial charge in [-0.05, 0) is 44.9 Å². The Bertz CT molecular complexity index is 672. The Hall–Kier alpha value is -1.72. The van der Waals surface area contributed by atoms with Gasteiger partial charge in [0.1, 0.15) is 11.2 Å². The third-order valence-electron chi connectivity index (χ3n) is 3.55. The van der Waals surface area contributed by atoms with Crippen LogP contribution < -0.4 is 4.73 Å². The molecule has 1 aliphatic heterocycles. The number of benzene rings is 1. The molecule has 5 nitrogen and oxygen atoms in total. The van der Waals surface area contributed by atoms with Crippen LogP contribution in [0.3, 0.4) is 0 Å². The van der Waals surface area contributed by atoms with Gasteiger partial charge in [-0.3, -0.25) is 0 Å². The van der Waals surface area contributed by atoms with Crippen molar-refractivity contribution in [1.82, 2.24) is 10.2 Å². The van der Waals surface area contributed by atoms with E-state index in [1.165, 1.54) is 0 Å². The highest BCUT2D eigenvalue weighted by Gasteiger charge is 2.50. The fraction of sp³-hybridized carbons (Fsp3) is 0.400. The molecule has 0 saturated carbocycles. The topological polar surface area (TPSA) is 62.0 Å². The van der Waals surface area contributed by atoms with Gasteiger partial charge in [0.05, 0.1) is 10.7 Å². The van der Waals surface area contributed by atoms with Crippen LogP contribution in [0.15, 0.2) is 30.3 Å². The highest BCUT2D eigenvalue weighted by Crippen LogP contribution is 2.43. The molecule has 3 rings (SSSR count). The van der Waals surface area contributed by atoms with Crippen molar-refractivity contribution in [2.24, 2.45) is 0 Å². The summed E-state index contributed by atoms with van der Waals surface area (Å²) in [4.78, 5) is 0. The Morgan fingerprint density at radius 3 is 2.24 bits per heavy atom. The maximum absolute atomic E-state index is 12.7. The first-order valence-corrected chi connectivity index (χ1v) is 6.60. The minimum atomic E-state index is -0.681. The van der Waals surface area contributed by atoms with Gasteiger partial charge < -0.3 is 9.94 Å². The summed E-state index contributed by atoms with van der Waals surface area (Å²) in [6.07, 6.45) is 0. The normalized spacial score (nSPS) is 17.9. The lowest BCUT2D eigenvalue weighted by Crippen LogP contribution is -2.42. The number of fused-ring (bicyclic) bond motifs is 1. The van der Waals surface area contributed by atoms with Crippen LogP contribution in [0, 0.1) is 5.21 Å². The van der Waals surface area contributed by atoms with E-state index in [2.05, 4.69) is 10.2 Å². The lowest BCUT2D eigenvalue weighted by atomic mass is 10.0. The fourth-order valence-electron chi connectivity index (χ4n) is 2.82. The van der Waals surface area contributed by atoms with E-state index >= 15 is 0 Å². The van der Waals surface area contributed by atoms with E-state index in [-0.39, 0.29) is 12.4 Å². The predicted octanol–water partition coefficient (Wildman–Crippen LogP) is 2.70. The quantitative estimate of drug-likeness (QED) is 0.600. The lowest BCUT2D eigenvalue weighted by Gasteiger charge is -2.23. The van der Waals surface area contributed by atoms with Crippen molar-refractivity contribution in [2.75, 3.05) is 0 Å². The van der Waals surface area contributed by atoms with E-state index in [4.69, 9.17) is 4.74 Å². The number of hydrogen-bond acceptors (Lipinski definition) is 4. The number of hydrogen-bond donors (Lipinski definition) is 0. The van der Waals surface area contributed by atoms with Gasteiger partial charge >= 0.3 is 5.82 Å². The first-order valence-electron chi connectivity index (χ1n) is 6.60. The molecule has 21 heavy (non-hydrogen) atoms. The molecule has 0 saturated heterocycles. The molecule has 0 spiro atoms. The van der Waals surface area contributed by atoms with E-state index in [0.29, 0.717) is 17.2 Å². The Morgan fingerprint density at radius 1 is 1.00 bits per heavy atom. The molecule has 0 unspecified atom stereocenters. The van der Waals surface area contributed by atoms with Crippen LogP contribution in [0.5, 0.6) is 0 Å². The molecule has 0 aliphatic carbocycles. The second-order valence-electron chi connectivity index (χ2n) is 6.00. The largest absolute Gasteiger partial charge is 0.710 e. The molecule has 1 aromatic carbocycles. The fourth-order valence-corrected chi connectivity index (χ4v) is 2.82. The molecular formula is C15H18ClN3O2. The van der Waals surface area contributed by atoms with Gasteiger partial charge in [0.25, 0.3) is 0 Å². The summed E-state index contributed by atoms with van der Waals surface area (Å²) in [5, 5.41) is 21.0. The maximum atomic E-state index is 12.7. The minimum Gasteiger partial charge on any atom is -0.710 e. The van der Waals surface area contributed by atoms with Crippen LogP contribution in [0.1, 0.15) is 39.1 Å². The van der Waals surface area contributed by atoms with E-state index in [9.17, 15) is 5.21 Å². The number of rotatable bonds is 1. The van der Waals surface area contributed by atoms with Crippen LogP contribution >= 0.6 is 12.4 Å². The van der Waals surface area contributed by atoms with E-state index in [0.717, 1.165) is 10.3 Å². The average molecular weight is 308 g/mol. The van der Waals surface area contributed by atoms with Crippen molar-refractivity contribution >= 4 is 12.4 Å². The van der Waals surface area contributed by atoms with Gasteiger partial charge in [0.15, 0.2) is 11.4 Å². The minimum absolute atomic E-state index is 0.